The summed E-state index contributed by atoms with van der Waals surface area (Å²) in [6.45, 7) is 9.37. The first-order valence-corrected chi connectivity index (χ1v) is 15.3. The van der Waals surface area contributed by atoms with Gasteiger partial charge in [0.15, 0.2) is 0 Å². The lowest BCUT2D eigenvalue weighted by Crippen LogP contribution is -2.31. The maximum absolute atomic E-state index is 2.61. The Kier molecular flexibility index (Phi) is 4.76. The minimum Gasteiger partial charge on any atom is -0.0587 e. The molecule has 0 unspecified atom stereocenters. The fourth-order valence-electron chi connectivity index (χ4n) is 9.17. The summed E-state index contributed by atoms with van der Waals surface area (Å²) in [7, 11) is 0. The molecule has 0 atom stereocenters. The van der Waals surface area contributed by atoms with Crippen molar-refractivity contribution in [1.82, 2.24) is 0 Å². The molecule has 4 aromatic carbocycles. The van der Waals surface area contributed by atoms with Crippen LogP contribution in [0.15, 0.2) is 60.7 Å². The number of benzene rings is 4. The Morgan fingerprint density at radius 1 is 0.447 bits per heavy atom. The van der Waals surface area contributed by atoms with Gasteiger partial charge in [-0.05, 0) is 104 Å². The third kappa shape index (κ3) is 2.77. The molecule has 0 nitrogen and oxygen atoms in total. The molecule has 8 rings (SSSR count). The van der Waals surface area contributed by atoms with Crippen molar-refractivity contribution in [2.45, 2.75) is 102 Å². The van der Waals surface area contributed by atoms with Crippen LogP contribution in [0.4, 0.5) is 0 Å². The van der Waals surface area contributed by atoms with Gasteiger partial charge in [0.1, 0.15) is 0 Å². The van der Waals surface area contributed by atoms with Crippen molar-refractivity contribution in [1.29, 1.82) is 0 Å². The second-order valence-electron chi connectivity index (χ2n) is 13.6. The Bertz CT molecular complexity index is 1490. The molecule has 4 aromatic rings. The van der Waals surface area contributed by atoms with Crippen LogP contribution in [-0.4, -0.2) is 0 Å². The third-order valence-corrected chi connectivity index (χ3v) is 11.1. The summed E-state index contributed by atoms with van der Waals surface area (Å²) in [5.74, 6) is 1.12. The molecule has 0 aliphatic heterocycles. The summed E-state index contributed by atoms with van der Waals surface area (Å²) in [6.07, 6.45) is 10.5. The predicted molar refractivity (Wildman–Crippen MR) is 161 cm³/mol. The molecule has 0 N–H and O–H groups in total. The van der Waals surface area contributed by atoms with Crippen molar-refractivity contribution in [3.63, 3.8) is 0 Å². The van der Waals surface area contributed by atoms with Gasteiger partial charge in [-0.25, -0.2) is 0 Å². The van der Waals surface area contributed by atoms with E-state index in [2.05, 4.69) is 88.4 Å². The smallest absolute Gasteiger partial charge is 0.0215 e. The molecule has 0 radical (unpaired) electrons. The quantitative estimate of drug-likeness (QED) is 0.259. The molecule has 2 saturated carbocycles. The summed E-state index contributed by atoms with van der Waals surface area (Å²) in [4.78, 5) is 0. The Morgan fingerprint density at radius 3 is 1.18 bits per heavy atom. The number of hydrogen-bond donors (Lipinski definition) is 0. The normalized spacial score (nSPS) is 19.6. The van der Waals surface area contributed by atoms with E-state index in [0.717, 1.165) is 0 Å². The van der Waals surface area contributed by atoms with Crippen LogP contribution in [0, 0.1) is 0 Å². The molecule has 0 amide bonds. The maximum atomic E-state index is 2.61. The van der Waals surface area contributed by atoms with Gasteiger partial charge in [-0.3, -0.25) is 0 Å². The van der Waals surface area contributed by atoms with Crippen LogP contribution < -0.4 is 0 Å². The van der Waals surface area contributed by atoms with Gasteiger partial charge in [0, 0.05) is 10.8 Å². The minimum atomic E-state index is 0.176. The van der Waals surface area contributed by atoms with Gasteiger partial charge < -0.3 is 0 Å². The molecule has 4 aliphatic carbocycles. The maximum Gasteiger partial charge on any atom is 0.0215 e. The second kappa shape index (κ2) is 7.84. The van der Waals surface area contributed by atoms with E-state index < -0.39 is 0 Å². The van der Waals surface area contributed by atoms with Gasteiger partial charge in [-0.15, -0.1) is 0 Å². The summed E-state index contributed by atoms with van der Waals surface area (Å²) < 4.78 is 0. The molecule has 2 spiro atoms. The summed E-state index contributed by atoms with van der Waals surface area (Å²) >= 11 is 0. The number of fused-ring (bicyclic) bond motifs is 8. The molecule has 0 aromatic heterocycles. The van der Waals surface area contributed by atoms with E-state index in [1.807, 2.05) is 0 Å². The van der Waals surface area contributed by atoms with Crippen molar-refractivity contribution in [3.8, 4) is 22.3 Å². The lowest BCUT2D eigenvalue weighted by Gasteiger charge is -2.43. The molecule has 2 fully saturated rings. The summed E-state index contributed by atoms with van der Waals surface area (Å²) in [5.41, 5.74) is 15.8. The average molecular weight is 497 g/mol. The third-order valence-electron chi connectivity index (χ3n) is 11.1. The molecule has 38 heavy (non-hydrogen) atoms. The van der Waals surface area contributed by atoms with Crippen LogP contribution in [0.5, 0.6) is 0 Å². The SMILES string of the molecule is CC(C)c1ccc2c(c1)C1(CCCC1)c1ccc3c4c(ccc-2c14)-c1ccc(C(C)C)cc1C31CCCC1. The fourth-order valence-corrected chi connectivity index (χ4v) is 9.17. The van der Waals surface area contributed by atoms with E-state index in [-0.39, 0.29) is 10.8 Å². The predicted octanol–water partition coefficient (Wildman–Crippen LogP) is 10.8. The van der Waals surface area contributed by atoms with Gasteiger partial charge in [0.25, 0.3) is 0 Å². The number of rotatable bonds is 2. The first-order valence-electron chi connectivity index (χ1n) is 15.3. The molecule has 0 heteroatoms. The topological polar surface area (TPSA) is 0 Å². The highest BCUT2D eigenvalue weighted by molar-refractivity contribution is 6.13. The Balaban J connectivity index is 1.50. The molecule has 0 bridgehead atoms. The van der Waals surface area contributed by atoms with Gasteiger partial charge in [0.05, 0.1) is 0 Å². The Labute approximate surface area is 228 Å². The first kappa shape index (κ1) is 23.1. The molecule has 4 aliphatic rings. The minimum absolute atomic E-state index is 0.176. The van der Waals surface area contributed by atoms with Gasteiger partial charge in [-0.2, -0.15) is 0 Å². The van der Waals surface area contributed by atoms with Crippen LogP contribution in [0.3, 0.4) is 0 Å². The first-order chi connectivity index (χ1) is 18.4. The highest BCUT2D eigenvalue weighted by Gasteiger charge is 2.48. The lowest BCUT2D eigenvalue weighted by atomic mass is 9.60. The van der Waals surface area contributed by atoms with E-state index in [0.29, 0.717) is 11.8 Å². The summed E-state index contributed by atoms with van der Waals surface area (Å²) in [5, 5.41) is 3.19. The summed E-state index contributed by atoms with van der Waals surface area (Å²) in [6, 6.07) is 25.1. The zero-order valence-electron chi connectivity index (χ0n) is 23.6. The van der Waals surface area contributed by atoms with E-state index in [1.165, 1.54) is 84.7 Å². The van der Waals surface area contributed by atoms with Gasteiger partial charge >= 0.3 is 0 Å². The van der Waals surface area contributed by atoms with Crippen LogP contribution in [0.1, 0.15) is 124 Å². The van der Waals surface area contributed by atoms with Crippen molar-refractivity contribution in [2.75, 3.05) is 0 Å². The van der Waals surface area contributed by atoms with Crippen molar-refractivity contribution < 1.29 is 0 Å². The molecular weight excluding hydrogens is 456 g/mol. The van der Waals surface area contributed by atoms with Crippen LogP contribution in [-0.2, 0) is 10.8 Å². The average Bonchev–Trinajstić information content (AvgIpc) is 3.62. The van der Waals surface area contributed by atoms with Crippen molar-refractivity contribution >= 4 is 10.8 Å². The van der Waals surface area contributed by atoms with Crippen molar-refractivity contribution in [2.24, 2.45) is 0 Å². The van der Waals surface area contributed by atoms with Crippen molar-refractivity contribution in [3.05, 3.63) is 94.0 Å². The van der Waals surface area contributed by atoms with Gasteiger partial charge in [0.2, 0.25) is 0 Å². The fraction of sp³-hybridized carbons (Fsp3) is 0.421. The largest absolute Gasteiger partial charge is 0.0587 e. The van der Waals surface area contributed by atoms with E-state index in [1.54, 1.807) is 33.0 Å². The molecule has 192 valence electrons. The molecular formula is C38H40. The molecule has 0 saturated heterocycles. The van der Waals surface area contributed by atoms with Crippen LogP contribution in [0.25, 0.3) is 33.0 Å². The van der Waals surface area contributed by atoms with E-state index >= 15 is 0 Å². The van der Waals surface area contributed by atoms with Crippen LogP contribution >= 0.6 is 0 Å². The van der Waals surface area contributed by atoms with Gasteiger partial charge in [-0.1, -0.05) is 114 Å². The number of hydrogen-bond acceptors (Lipinski definition) is 0. The Hall–Kier alpha value is -2.86. The zero-order chi connectivity index (χ0) is 25.8. The second-order valence-corrected chi connectivity index (χ2v) is 13.6. The highest BCUT2D eigenvalue weighted by atomic mass is 14.5. The molecule has 0 heterocycles. The lowest BCUT2D eigenvalue weighted by molar-refractivity contribution is 0.528. The standard InChI is InChI=1S/C38H40/c1-23(2)25-9-11-27-29-13-14-30-28-12-10-26(24(3)4)22-34(28)38(19-7-8-20-38)32-16-15-31(35(29)36(30)32)37(33(27)21-25)17-5-6-18-37/h9-16,21-24H,5-8,17-20H2,1-4H3. The van der Waals surface area contributed by atoms with E-state index in [4.69, 9.17) is 0 Å². The van der Waals surface area contributed by atoms with Crippen LogP contribution in [0.2, 0.25) is 0 Å². The zero-order valence-corrected chi connectivity index (χ0v) is 23.6. The Morgan fingerprint density at radius 2 is 0.816 bits per heavy atom. The van der Waals surface area contributed by atoms with E-state index in [9.17, 15) is 0 Å². The monoisotopic (exact) mass is 496 g/mol. The highest BCUT2D eigenvalue weighted by Crippen LogP contribution is 2.62.